The molecule has 0 aromatic carbocycles. The maximum absolute atomic E-state index is 12.8. The number of esters is 1. The van der Waals surface area contributed by atoms with Crippen molar-refractivity contribution < 1.29 is 19.1 Å². The Labute approximate surface area is 204 Å². The minimum atomic E-state index is -0.385. The fraction of sp³-hybridized carbons (Fsp3) is 0.440. The van der Waals surface area contributed by atoms with Crippen LogP contribution < -0.4 is 5.32 Å². The van der Waals surface area contributed by atoms with Crippen molar-refractivity contribution in [2.75, 3.05) is 25.0 Å². The number of hydrogen-bond donors (Lipinski definition) is 1. The van der Waals surface area contributed by atoms with Crippen molar-refractivity contribution >= 4 is 41.3 Å². The zero-order valence-corrected chi connectivity index (χ0v) is 20.8. The van der Waals surface area contributed by atoms with Crippen molar-refractivity contribution in [2.24, 2.45) is 5.92 Å². The molecule has 2 aromatic rings. The molecule has 0 radical (unpaired) electrons. The molecule has 0 aliphatic carbocycles. The average Bonchev–Trinajstić information content (AvgIpc) is 3.07. The third kappa shape index (κ3) is 5.67. The topological polar surface area (TPSA) is 93.5 Å². The van der Waals surface area contributed by atoms with E-state index in [1.165, 1.54) is 12.3 Å². The molecule has 1 saturated heterocycles. The smallest absolute Gasteiger partial charge is 0.340 e. The molecule has 182 valence electrons. The third-order valence-corrected chi connectivity index (χ3v) is 6.40. The first-order valence-electron chi connectivity index (χ1n) is 11.5. The first-order valence-corrected chi connectivity index (χ1v) is 11.9. The molecule has 8 nitrogen and oxygen atoms in total. The van der Waals surface area contributed by atoms with Gasteiger partial charge >= 0.3 is 5.97 Å². The van der Waals surface area contributed by atoms with E-state index in [0.29, 0.717) is 54.4 Å². The van der Waals surface area contributed by atoms with Gasteiger partial charge in [-0.3, -0.25) is 9.59 Å². The van der Waals surface area contributed by atoms with E-state index in [1.54, 1.807) is 30.0 Å². The van der Waals surface area contributed by atoms with Gasteiger partial charge in [-0.2, -0.15) is 0 Å². The Bertz CT molecular complexity index is 1080. The van der Waals surface area contributed by atoms with E-state index in [2.05, 4.69) is 10.3 Å². The Morgan fingerprint density at radius 2 is 1.88 bits per heavy atom. The summed E-state index contributed by atoms with van der Waals surface area (Å²) >= 11 is 5.83. The van der Waals surface area contributed by atoms with Gasteiger partial charge in [0.1, 0.15) is 5.82 Å². The van der Waals surface area contributed by atoms with Gasteiger partial charge in [0, 0.05) is 54.8 Å². The fourth-order valence-corrected chi connectivity index (χ4v) is 4.46. The number of piperidine rings is 1. The summed E-state index contributed by atoms with van der Waals surface area (Å²) in [6.45, 7) is 9.56. The van der Waals surface area contributed by atoms with Gasteiger partial charge in [-0.05, 0) is 58.7 Å². The number of rotatable bonds is 7. The zero-order valence-electron chi connectivity index (χ0n) is 20.1. The monoisotopic (exact) mass is 486 g/mol. The first-order chi connectivity index (χ1) is 16.3. The van der Waals surface area contributed by atoms with Crippen molar-refractivity contribution in [3.8, 4) is 0 Å². The molecule has 2 amide bonds. The maximum atomic E-state index is 12.8. The largest absolute Gasteiger partial charge is 0.462 e. The normalized spacial score (nSPS) is 14.4. The predicted molar refractivity (Wildman–Crippen MR) is 132 cm³/mol. The van der Waals surface area contributed by atoms with E-state index in [0.717, 1.165) is 11.4 Å². The lowest BCUT2D eigenvalue weighted by atomic mass is 9.95. The van der Waals surface area contributed by atoms with Crippen LogP contribution in [0, 0.1) is 19.8 Å². The van der Waals surface area contributed by atoms with E-state index in [1.807, 2.05) is 25.3 Å². The second-order valence-electron chi connectivity index (χ2n) is 8.21. The van der Waals surface area contributed by atoms with Gasteiger partial charge in [0.25, 0.3) is 0 Å². The summed E-state index contributed by atoms with van der Waals surface area (Å²) in [5.74, 6) is -0.371. The number of hydrogen-bond acceptors (Lipinski definition) is 5. The van der Waals surface area contributed by atoms with Crippen molar-refractivity contribution in [1.82, 2.24) is 14.5 Å². The Hall–Kier alpha value is -3.13. The standard InChI is InChI=1S/C25H31ClN4O4/c1-5-30-16(3)20(23(17(30)4)25(33)34-6-2)8-10-22(31)29-13-11-18(12-14-29)24(32)28-21-9-7-19(26)15-27-21/h7-10,15,18H,5-6,11-14H2,1-4H3,(H,27,28,32). The number of anilines is 1. The van der Waals surface area contributed by atoms with E-state index in [9.17, 15) is 14.4 Å². The first kappa shape index (κ1) is 25.5. The Morgan fingerprint density at radius 1 is 1.18 bits per heavy atom. The highest BCUT2D eigenvalue weighted by atomic mass is 35.5. The molecule has 1 N–H and O–H groups in total. The van der Waals surface area contributed by atoms with E-state index in [4.69, 9.17) is 16.3 Å². The molecule has 1 aliphatic rings. The third-order valence-electron chi connectivity index (χ3n) is 6.18. The zero-order chi connectivity index (χ0) is 24.8. The number of ether oxygens (including phenoxy) is 1. The molecule has 34 heavy (non-hydrogen) atoms. The van der Waals surface area contributed by atoms with Crippen LogP contribution in [-0.4, -0.2) is 51.9 Å². The Balaban J connectivity index is 1.64. The molecule has 0 bridgehead atoms. The molecule has 0 atom stereocenters. The maximum Gasteiger partial charge on any atom is 0.340 e. The molecule has 9 heteroatoms. The van der Waals surface area contributed by atoms with Gasteiger partial charge in [-0.1, -0.05) is 11.6 Å². The number of carbonyl (C=O) groups is 3. The number of pyridine rings is 1. The number of amides is 2. The summed E-state index contributed by atoms with van der Waals surface area (Å²) in [5.41, 5.74) is 2.94. The van der Waals surface area contributed by atoms with Crippen LogP contribution in [0.15, 0.2) is 24.4 Å². The van der Waals surface area contributed by atoms with E-state index >= 15 is 0 Å². The quantitative estimate of drug-likeness (QED) is 0.466. The average molecular weight is 487 g/mol. The summed E-state index contributed by atoms with van der Waals surface area (Å²) in [7, 11) is 0. The van der Waals surface area contributed by atoms with Gasteiger partial charge in [0.2, 0.25) is 11.8 Å². The van der Waals surface area contributed by atoms with Crippen LogP contribution in [0.25, 0.3) is 6.08 Å². The molecule has 1 fully saturated rings. The van der Waals surface area contributed by atoms with Gasteiger partial charge in [0.15, 0.2) is 0 Å². The van der Waals surface area contributed by atoms with Crippen molar-refractivity contribution in [3.63, 3.8) is 0 Å². The van der Waals surface area contributed by atoms with Crippen LogP contribution in [0.3, 0.4) is 0 Å². The number of aromatic nitrogens is 2. The molecular formula is C25H31ClN4O4. The number of nitrogens with one attached hydrogen (secondary N) is 1. The molecule has 0 unspecified atom stereocenters. The van der Waals surface area contributed by atoms with Crippen LogP contribution in [0.4, 0.5) is 5.82 Å². The molecular weight excluding hydrogens is 456 g/mol. The summed E-state index contributed by atoms with van der Waals surface area (Å²) < 4.78 is 7.28. The lowest BCUT2D eigenvalue weighted by molar-refractivity contribution is -0.130. The van der Waals surface area contributed by atoms with Crippen LogP contribution >= 0.6 is 11.6 Å². The van der Waals surface area contributed by atoms with Crippen LogP contribution in [0.2, 0.25) is 5.02 Å². The number of carbonyl (C=O) groups excluding carboxylic acids is 3. The second-order valence-corrected chi connectivity index (χ2v) is 8.64. The van der Waals surface area contributed by atoms with Crippen molar-refractivity contribution in [3.05, 3.63) is 51.9 Å². The summed E-state index contributed by atoms with van der Waals surface area (Å²) in [4.78, 5) is 43.8. The second kappa shape index (κ2) is 11.3. The van der Waals surface area contributed by atoms with Gasteiger partial charge in [0.05, 0.1) is 17.2 Å². The minimum absolute atomic E-state index is 0.108. The highest BCUT2D eigenvalue weighted by Crippen LogP contribution is 2.26. The molecule has 0 saturated carbocycles. The number of likely N-dealkylation sites (tertiary alicyclic amines) is 1. The predicted octanol–water partition coefficient (Wildman–Crippen LogP) is 4.24. The highest BCUT2D eigenvalue weighted by molar-refractivity contribution is 6.30. The lowest BCUT2D eigenvalue weighted by Crippen LogP contribution is -2.40. The number of halogens is 1. The molecule has 2 aromatic heterocycles. The van der Waals surface area contributed by atoms with Crippen LogP contribution in [0.1, 0.15) is 54.0 Å². The molecule has 0 spiro atoms. The van der Waals surface area contributed by atoms with Crippen LogP contribution in [0.5, 0.6) is 0 Å². The molecule has 3 rings (SSSR count). The SMILES string of the molecule is CCOC(=O)c1c(C=CC(=O)N2CCC(C(=O)Nc3ccc(Cl)cn3)CC2)c(C)n(CC)c1C. The van der Waals surface area contributed by atoms with Gasteiger partial charge in [-0.25, -0.2) is 9.78 Å². The van der Waals surface area contributed by atoms with Gasteiger partial charge < -0.3 is 19.5 Å². The number of nitrogens with zero attached hydrogens (tertiary/aromatic N) is 3. The summed E-state index contributed by atoms with van der Waals surface area (Å²) in [6, 6.07) is 3.33. The Morgan fingerprint density at radius 3 is 2.47 bits per heavy atom. The van der Waals surface area contributed by atoms with Gasteiger partial charge in [-0.15, -0.1) is 0 Å². The molecule has 3 heterocycles. The summed E-state index contributed by atoms with van der Waals surface area (Å²) in [6.07, 6.45) is 5.82. The molecule has 1 aliphatic heterocycles. The van der Waals surface area contributed by atoms with E-state index in [-0.39, 0.29) is 30.3 Å². The fourth-order valence-electron chi connectivity index (χ4n) is 4.35. The summed E-state index contributed by atoms with van der Waals surface area (Å²) in [5, 5.41) is 3.31. The Kier molecular flexibility index (Phi) is 8.50. The lowest BCUT2D eigenvalue weighted by Gasteiger charge is -2.30. The van der Waals surface area contributed by atoms with E-state index < -0.39 is 0 Å². The van der Waals surface area contributed by atoms with Crippen LogP contribution in [-0.2, 0) is 20.9 Å². The van der Waals surface area contributed by atoms with Crippen molar-refractivity contribution in [2.45, 2.75) is 47.1 Å². The minimum Gasteiger partial charge on any atom is -0.462 e. The van der Waals surface area contributed by atoms with Crippen molar-refractivity contribution in [1.29, 1.82) is 0 Å². The highest BCUT2D eigenvalue weighted by Gasteiger charge is 2.27.